The lowest BCUT2D eigenvalue weighted by atomic mass is 10.1. The molecule has 0 atom stereocenters. The minimum absolute atomic E-state index is 0.150. The molecule has 0 aromatic heterocycles. The Morgan fingerprint density at radius 3 is 2.73 bits per heavy atom. The van der Waals surface area contributed by atoms with Gasteiger partial charge in [0, 0.05) is 18.7 Å². The fourth-order valence-corrected chi connectivity index (χ4v) is 1.58. The number of aryl methyl sites for hydroxylation is 1. The normalized spacial score (nSPS) is 16.3. The molecule has 15 heavy (non-hydrogen) atoms. The lowest BCUT2D eigenvalue weighted by Gasteiger charge is -2.35. The predicted octanol–water partition coefficient (Wildman–Crippen LogP) is 0.951. The maximum Gasteiger partial charge on any atom is 0.254 e. The van der Waals surface area contributed by atoms with E-state index in [1.807, 2.05) is 0 Å². The standard InChI is InChI=1S/C11H12FNO2/c1-7-4-8(2-3-10(7)12)11(15)13-5-9(14)6-13/h2-4,9,14H,5-6H2,1H3. The van der Waals surface area contributed by atoms with Crippen molar-refractivity contribution in [3.8, 4) is 0 Å². The van der Waals surface area contributed by atoms with Gasteiger partial charge in [-0.3, -0.25) is 4.79 Å². The van der Waals surface area contributed by atoms with E-state index in [0.29, 0.717) is 24.2 Å². The number of likely N-dealkylation sites (tertiary alicyclic amines) is 1. The van der Waals surface area contributed by atoms with Crippen LogP contribution in [-0.4, -0.2) is 35.1 Å². The van der Waals surface area contributed by atoms with Gasteiger partial charge in [-0.25, -0.2) is 4.39 Å². The summed E-state index contributed by atoms with van der Waals surface area (Å²) in [7, 11) is 0. The van der Waals surface area contributed by atoms with E-state index < -0.39 is 6.10 Å². The third kappa shape index (κ3) is 1.85. The summed E-state index contributed by atoms with van der Waals surface area (Å²) in [6.07, 6.45) is -0.407. The molecule has 2 rings (SSSR count). The summed E-state index contributed by atoms with van der Waals surface area (Å²) in [5.74, 6) is -0.460. The Bertz CT molecular complexity index is 400. The zero-order valence-electron chi connectivity index (χ0n) is 8.40. The third-order valence-electron chi connectivity index (χ3n) is 2.55. The summed E-state index contributed by atoms with van der Waals surface area (Å²) in [6, 6.07) is 4.29. The van der Waals surface area contributed by atoms with Crippen LogP contribution < -0.4 is 0 Å². The average molecular weight is 209 g/mol. The van der Waals surface area contributed by atoms with E-state index in [2.05, 4.69) is 0 Å². The first-order chi connectivity index (χ1) is 7.08. The smallest absolute Gasteiger partial charge is 0.254 e. The van der Waals surface area contributed by atoms with Crippen LogP contribution in [0.3, 0.4) is 0 Å². The minimum atomic E-state index is -0.407. The van der Waals surface area contributed by atoms with Crippen LogP contribution in [0.4, 0.5) is 4.39 Å². The Hall–Kier alpha value is -1.42. The van der Waals surface area contributed by atoms with Gasteiger partial charge < -0.3 is 10.0 Å². The van der Waals surface area contributed by atoms with Crippen LogP contribution in [0.1, 0.15) is 15.9 Å². The monoisotopic (exact) mass is 209 g/mol. The highest BCUT2D eigenvalue weighted by molar-refractivity contribution is 5.95. The lowest BCUT2D eigenvalue weighted by molar-refractivity contribution is 0.00588. The second kappa shape index (κ2) is 3.62. The fraction of sp³-hybridized carbons (Fsp3) is 0.364. The average Bonchev–Trinajstić information content (AvgIpc) is 2.16. The van der Waals surface area contributed by atoms with Crippen LogP contribution in [0, 0.1) is 12.7 Å². The van der Waals surface area contributed by atoms with E-state index in [1.165, 1.54) is 23.1 Å². The highest BCUT2D eigenvalue weighted by Crippen LogP contribution is 2.15. The van der Waals surface area contributed by atoms with Crippen molar-refractivity contribution >= 4 is 5.91 Å². The molecule has 0 saturated carbocycles. The topological polar surface area (TPSA) is 40.5 Å². The van der Waals surface area contributed by atoms with Crippen LogP contribution >= 0.6 is 0 Å². The van der Waals surface area contributed by atoms with Crippen molar-refractivity contribution in [2.45, 2.75) is 13.0 Å². The van der Waals surface area contributed by atoms with E-state index in [0.717, 1.165) is 0 Å². The van der Waals surface area contributed by atoms with Crippen molar-refractivity contribution in [2.75, 3.05) is 13.1 Å². The maximum atomic E-state index is 13.0. The molecule has 1 aliphatic heterocycles. The number of carbonyl (C=O) groups is 1. The molecular weight excluding hydrogens is 197 g/mol. The summed E-state index contributed by atoms with van der Waals surface area (Å²) in [4.78, 5) is 13.3. The van der Waals surface area contributed by atoms with Crippen molar-refractivity contribution in [1.29, 1.82) is 0 Å². The van der Waals surface area contributed by atoms with Gasteiger partial charge in [0.25, 0.3) is 5.91 Å². The van der Waals surface area contributed by atoms with E-state index >= 15 is 0 Å². The molecule has 80 valence electrons. The van der Waals surface area contributed by atoms with Gasteiger partial charge in [0.05, 0.1) is 6.10 Å². The number of hydrogen-bond donors (Lipinski definition) is 1. The number of aliphatic hydroxyl groups is 1. The van der Waals surface area contributed by atoms with E-state index in [1.54, 1.807) is 6.92 Å². The molecule has 1 aromatic rings. The minimum Gasteiger partial charge on any atom is -0.389 e. The van der Waals surface area contributed by atoms with Gasteiger partial charge >= 0.3 is 0 Å². The number of aliphatic hydroxyl groups excluding tert-OH is 1. The highest BCUT2D eigenvalue weighted by atomic mass is 19.1. The van der Waals surface area contributed by atoms with Gasteiger partial charge in [-0.15, -0.1) is 0 Å². The molecule has 1 heterocycles. The number of nitrogens with zero attached hydrogens (tertiary/aromatic N) is 1. The Balaban J connectivity index is 2.16. The third-order valence-corrected chi connectivity index (χ3v) is 2.55. The Kier molecular flexibility index (Phi) is 2.44. The summed E-state index contributed by atoms with van der Waals surface area (Å²) >= 11 is 0. The van der Waals surface area contributed by atoms with Gasteiger partial charge in [-0.2, -0.15) is 0 Å². The first kappa shape index (κ1) is 10.1. The van der Waals surface area contributed by atoms with Crippen LogP contribution in [0.2, 0.25) is 0 Å². The molecule has 0 unspecified atom stereocenters. The summed E-state index contributed by atoms with van der Waals surface area (Å²) in [6.45, 7) is 2.36. The van der Waals surface area contributed by atoms with Crippen LogP contribution in [0.5, 0.6) is 0 Å². The largest absolute Gasteiger partial charge is 0.389 e. The maximum absolute atomic E-state index is 13.0. The Morgan fingerprint density at radius 2 is 2.20 bits per heavy atom. The Labute approximate surface area is 87.1 Å². The molecule has 1 saturated heterocycles. The fourth-order valence-electron chi connectivity index (χ4n) is 1.58. The predicted molar refractivity (Wildman–Crippen MR) is 53.0 cm³/mol. The van der Waals surface area contributed by atoms with Crippen molar-refractivity contribution in [3.05, 3.63) is 35.1 Å². The lowest BCUT2D eigenvalue weighted by Crippen LogP contribution is -2.53. The molecular formula is C11H12FNO2. The first-order valence-electron chi connectivity index (χ1n) is 4.81. The summed E-state index contributed by atoms with van der Waals surface area (Å²) < 4.78 is 13.0. The van der Waals surface area contributed by atoms with Crippen molar-refractivity contribution in [2.24, 2.45) is 0 Å². The summed E-state index contributed by atoms with van der Waals surface area (Å²) in [5, 5.41) is 9.06. The number of benzene rings is 1. The molecule has 1 aromatic carbocycles. The number of carbonyl (C=O) groups excluding carboxylic acids is 1. The second-order valence-corrected chi connectivity index (χ2v) is 3.83. The van der Waals surface area contributed by atoms with E-state index in [-0.39, 0.29) is 11.7 Å². The second-order valence-electron chi connectivity index (χ2n) is 3.83. The van der Waals surface area contributed by atoms with Gasteiger partial charge in [0.15, 0.2) is 0 Å². The van der Waals surface area contributed by atoms with Gasteiger partial charge in [0.1, 0.15) is 5.82 Å². The molecule has 1 aliphatic rings. The zero-order valence-corrected chi connectivity index (χ0v) is 8.40. The molecule has 0 spiro atoms. The number of rotatable bonds is 1. The van der Waals surface area contributed by atoms with Crippen LogP contribution in [0.25, 0.3) is 0 Å². The zero-order chi connectivity index (χ0) is 11.0. The molecule has 4 heteroatoms. The van der Waals surface area contributed by atoms with Crippen LogP contribution in [0.15, 0.2) is 18.2 Å². The number of amides is 1. The molecule has 0 aliphatic carbocycles. The summed E-state index contributed by atoms with van der Waals surface area (Å²) in [5.41, 5.74) is 0.933. The number of β-amino-alcohol motifs (C(OH)–C–C–N with tert-alkyl or cyclic N) is 1. The molecule has 1 N–H and O–H groups in total. The van der Waals surface area contributed by atoms with Gasteiger partial charge in [-0.1, -0.05) is 0 Å². The molecule has 1 amide bonds. The Morgan fingerprint density at radius 1 is 1.53 bits per heavy atom. The van der Waals surface area contributed by atoms with Crippen molar-refractivity contribution in [1.82, 2.24) is 4.90 Å². The number of hydrogen-bond acceptors (Lipinski definition) is 2. The molecule has 0 radical (unpaired) electrons. The number of halogens is 1. The highest BCUT2D eigenvalue weighted by Gasteiger charge is 2.29. The van der Waals surface area contributed by atoms with E-state index in [4.69, 9.17) is 5.11 Å². The first-order valence-corrected chi connectivity index (χ1v) is 4.81. The van der Waals surface area contributed by atoms with Crippen molar-refractivity contribution in [3.63, 3.8) is 0 Å². The molecule has 3 nitrogen and oxygen atoms in total. The quantitative estimate of drug-likeness (QED) is 0.748. The van der Waals surface area contributed by atoms with Gasteiger partial charge in [0.2, 0.25) is 0 Å². The van der Waals surface area contributed by atoms with Crippen LogP contribution in [-0.2, 0) is 0 Å². The molecule has 1 fully saturated rings. The van der Waals surface area contributed by atoms with E-state index in [9.17, 15) is 9.18 Å². The van der Waals surface area contributed by atoms with Crippen molar-refractivity contribution < 1.29 is 14.3 Å². The van der Waals surface area contributed by atoms with Gasteiger partial charge in [-0.05, 0) is 30.7 Å². The SMILES string of the molecule is Cc1cc(C(=O)N2CC(O)C2)ccc1F. The molecule has 0 bridgehead atoms.